The Morgan fingerprint density at radius 2 is 2.12 bits per heavy atom. The molecule has 17 heavy (non-hydrogen) atoms. The Balaban J connectivity index is 2.78. The molecule has 0 aliphatic rings. The predicted molar refractivity (Wildman–Crippen MR) is 66.1 cm³/mol. The van der Waals surface area contributed by atoms with Crippen molar-refractivity contribution in [3.05, 3.63) is 18.2 Å². The largest absolute Gasteiger partial charge is 0.504 e. The van der Waals surface area contributed by atoms with Crippen molar-refractivity contribution < 1.29 is 14.6 Å². The summed E-state index contributed by atoms with van der Waals surface area (Å²) in [5.74, 6) is 0.140. The molecule has 0 fully saturated rings. The second kappa shape index (κ2) is 5.54. The fourth-order valence-corrected chi connectivity index (χ4v) is 1.28. The summed E-state index contributed by atoms with van der Waals surface area (Å²) in [7, 11) is 1.44. The molecule has 4 N–H and O–H groups in total. The summed E-state index contributed by atoms with van der Waals surface area (Å²) in [6.07, 6.45) is 0. The lowest BCUT2D eigenvalue weighted by atomic mass is 10.0. The molecule has 0 aliphatic carbocycles. The molecule has 1 amide bonds. The van der Waals surface area contributed by atoms with E-state index in [-0.39, 0.29) is 17.6 Å². The molecule has 0 radical (unpaired) electrons. The molecule has 1 rings (SSSR count). The Morgan fingerprint density at radius 1 is 1.47 bits per heavy atom. The third kappa shape index (κ3) is 3.35. The molecule has 0 heterocycles. The molecule has 0 aromatic heterocycles. The van der Waals surface area contributed by atoms with Crippen LogP contribution in [0.2, 0.25) is 0 Å². The second-order valence-electron chi connectivity index (χ2n) is 4.15. The van der Waals surface area contributed by atoms with Gasteiger partial charge in [-0.2, -0.15) is 0 Å². The van der Waals surface area contributed by atoms with E-state index in [1.54, 1.807) is 12.1 Å². The maximum Gasteiger partial charge on any atom is 0.241 e. The first-order valence-corrected chi connectivity index (χ1v) is 5.39. The maximum absolute atomic E-state index is 11.7. The Morgan fingerprint density at radius 3 is 2.65 bits per heavy atom. The summed E-state index contributed by atoms with van der Waals surface area (Å²) < 4.78 is 4.94. The van der Waals surface area contributed by atoms with Gasteiger partial charge >= 0.3 is 0 Å². The zero-order chi connectivity index (χ0) is 13.0. The van der Waals surface area contributed by atoms with E-state index in [4.69, 9.17) is 10.5 Å². The van der Waals surface area contributed by atoms with E-state index in [1.807, 2.05) is 13.8 Å². The summed E-state index contributed by atoms with van der Waals surface area (Å²) in [6, 6.07) is 4.02. The molecule has 0 spiro atoms. The van der Waals surface area contributed by atoms with Gasteiger partial charge in [-0.25, -0.2) is 0 Å². The van der Waals surface area contributed by atoms with Crippen molar-refractivity contribution in [3.63, 3.8) is 0 Å². The van der Waals surface area contributed by atoms with Gasteiger partial charge in [0.05, 0.1) is 13.2 Å². The van der Waals surface area contributed by atoms with Gasteiger partial charge < -0.3 is 20.9 Å². The SMILES string of the molecule is COc1cc(NC(=O)[C@@H](N)C(C)C)ccc1O. The van der Waals surface area contributed by atoms with Gasteiger partial charge in [0, 0.05) is 11.8 Å². The van der Waals surface area contributed by atoms with Crippen LogP contribution in [0.15, 0.2) is 18.2 Å². The van der Waals surface area contributed by atoms with Crippen molar-refractivity contribution in [2.75, 3.05) is 12.4 Å². The quantitative estimate of drug-likeness (QED) is 0.691. The maximum atomic E-state index is 11.7. The highest BCUT2D eigenvalue weighted by Crippen LogP contribution is 2.28. The first kappa shape index (κ1) is 13.3. The number of benzene rings is 1. The number of hydrogen-bond donors (Lipinski definition) is 3. The summed E-state index contributed by atoms with van der Waals surface area (Å²) in [5.41, 5.74) is 6.26. The van der Waals surface area contributed by atoms with Crippen molar-refractivity contribution in [1.29, 1.82) is 0 Å². The van der Waals surface area contributed by atoms with Crippen LogP contribution in [0.4, 0.5) is 5.69 Å². The molecule has 0 bridgehead atoms. The highest BCUT2D eigenvalue weighted by Gasteiger charge is 2.17. The van der Waals surface area contributed by atoms with Gasteiger partial charge in [-0.15, -0.1) is 0 Å². The number of rotatable bonds is 4. The number of anilines is 1. The van der Waals surface area contributed by atoms with Crippen molar-refractivity contribution in [3.8, 4) is 11.5 Å². The van der Waals surface area contributed by atoms with Crippen LogP contribution in [0, 0.1) is 5.92 Å². The lowest BCUT2D eigenvalue weighted by Gasteiger charge is -2.15. The van der Waals surface area contributed by atoms with Crippen molar-refractivity contribution in [2.24, 2.45) is 11.7 Å². The summed E-state index contributed by atoms with van der Waals surface area (Å²) in [4.78, 5) is 11.7. The number of carbonyl (C=O) groups excluding carboxylic acids is 1. The minimum Gasteiger partial charge on any atom is -0.504 e. The number of methoxy groups -OCH3 is 1. The van der Waals surface area contributed by atoms with Crippen molar-refractivity contribution in [1.82, 2.24) is 0 Å². The Bertz CT molecular complexity index is 405. The Labute approximate surface area is 101 Å². The van der Waals surface area contributed by atoms with Crippen LogP contribution in [0.3, 0.4) is 0 Å². The molecule has 1 aromatic rings. The number of nitrogens with two attached hydrogens (primary N) is 1. The molecule has 0 aliphatic heterocycles. The second-order valence-corrected chi connectivity index (χ2v) is 4.15. The lowest BCUT2D eigenvalue weighted by molar-refractivity contribution is -0.118. The van der Waals surface area contributed by atoms with Gasteiger partial charge in [0.15, 0.2) is 11.5 Å². The number of phenols is 1. The molecule has 0 unspecified atom stereocenters. The zero-order valence-electron chi connectivity index (χ0n) is 10.2. The normalized spacial score (nSPS) is 12.3. The third-order valence-electron chi connectivity index (χ3n) is 2.47. The van der Waals surface area contributed by atoms with E-state index < -0.39 is 6.04 Å². The van der Waals surface area contributed by atoms with E-state index in [1.165, 1.54) is 13.2 Å². The monoisotopic (exact) mass is 238 g/mol. The van der Waals surface area contributed by atoms with Crippen LogP contribution in [0.25, 0.3) is 0 Å². The number of phenolic OH excluding ortho intramolecular Hbond substituents is 1. The molecule has 0 saturated heterocycles. The zero-order valence-corrected chi connectivity index (χ0v) is 10.2. The summed E-state index contributed by atoms with van der Waals surface area (Å²) in [6.45, 7) is 3.75. The fraction of sp³-hybridized carbons (Fsp3) is 0.417. The van der Waals surface area contributed by atoms with Crippen LogP contribution in [0.5, 0.6) is 11.5 Å². The molecule has 94 valence electrons. The van der Waals surface area contributed by atoms with Crippen LogP contribution >= 0.6 is 0 Å². The van der Waals surface area contributed by atoms with Gasteiger partial charge in [0.1, 0.15) is 0 Å². The minimum atomic E-state index is -0.560. The number of carbonyl (C=O) groups is 1. The number of ether oxygens (including phenoxy) is 1. The molecular formula is C12H18N2O3. The smallest absolute Gasteiger partial charge is 0.241 e. The lowest BCUT2D eigenvalue weighted by Crippen LogP contribution is -2.39. The van der Waals surface area contributed by atoms with E-state index in [0.717, 1.165) is 0 Å². The van der Waals surface area contributed by atoms with Crippen LogP contribution in [-0.4, -0.2) is 24.2 Å². The standard InChI is InChI=1S/C12H18N2O3/c1-7(2)11(13)12(16)14-8-4-5-9(15)10(6-8)17-3/h4-7,11,15H,13H2,1-3H3,(H,14,16)/t11-/m0/s1. The van der Waals surface area contributed by atoms with E-state index in [2.05, 4.69) is 5.32 Å². The van der Waals surface area contributed by atoms with Crippen LogP contribution in [-0.2, 0) is 4.79 Å². The molecular weight excluding hydrogens is 220 g/mol. The molecule has 0 saturated carbocycles. The highest BCUT2D eigenvalue weighted by molar-refractivity contribution is 5.95. The van der Waals surface area contributed by atoms with Crippen LogP contribution in [0.1, 0.15) is 13.8 Å². The Hall–Kier alpha value is -1.75. The van der Waals surface area contributed by atoms with Gasteiger partial charge in [0.25, 0.3) is 0 Å². The van der Waals surface area contributed by atoms with Crippen molar-refractivity contribution in [2.45, 2.75) is 19.9 Å². The fourth-order valence-electron chi connectivity index (χ4n) is 1.28. The third-order valence-corrected chi connectivity index (χ3v) is 2.47. The van der Waals surface area contributed by atoms with Gasteiger partial charge in [-0.05, 0) is 18.1 Å². The number of nitrogens with one attached hydrogen (secondary N) is 1. The topological polar surface area (TPSA) is 84.6 Å². The highest BCUT2D eigenvalue weighted by atomic mass is 16.5. The predicted octanol–water partition coefficient (Wildman–Crippen LogP) is 1.32. The van der Waals surface area contributed by atoms with E-state index in [9.17, 15) is 9.90 Å². The Kier molecular flexibility index (Phi) is 4.34. The molecule has 5 heteroatoms. The minimum absolute atomic E-state index is 0.0265. The van der Waals surface area contributed by atoms with E-state index in [0.29, 0.717) is 11.4 Å². The molecule has 1 atom stereocenters. The van der Waals surface area contributed by atoms with Gasteiger partial charge in [-0.3, -0.25) is 4.79 Å². The van der Waals surface area contributed by atoms with Gasteiger partial charge in [-0.1, -0.05) is 13.8 Å². The van der Waals surface area contributed by atoms with E-state index >= 15 is 0 Å². The van der Waals surface area contributed by atoms with Gasteiger partial charge in [0.2, 0.25) is 5.91 Å². The summed E-state index contributed by atoms with van der Waals surface area (Å²) in [5, 5.41) is 12.1. The average Bonchev–Trinajstić information content (AvgIpc) is 2.30. The number of hydrogen-bond acceptors (Lipinski definition) is 4. The number of amides is 1. The molecule has 1 aromatic carbocycles. The summed E-state index contributed by atoms with van der Waals surface area (Å²) >= 11 is 0. The van der Waals surface area contributed by atoms with Crippen molar-refractivity contribution >= 4 is 11.6 Å². The number of aromatic hydroxyl groups is 1. The average molecular weight is 238 g/mol. The van der Waals surface area contributed by atoms with Crippen LogP contribution < -0.4 is 15.8 Å². The first-order valence-electron chi connectivity index (χ1n) is 5.39. The molecule has 5 nitrogen and oxygen atoms in total. The first-order chi connectivity index (χ1) is 7.95.